The van der Waals surface area contributed by atoms with E-state index in [1.807, 2.05) is 0 Å². The SMILES string of the molecule is COc1ccc(Oc2ccc(F)c3c2CCC3Oc2ccc3c(c2)OCC3CC(=O)O)c(F)c1. The molecule has 3 aromatic rings. The normalized spacial score (nSPS) is 18.1. The zero-order valence-electron chi connectivity index (χ0n) is 18.3. The average molecular weight is 468 g/mol. The van der Waals surface area contributed by atoms with Crippen LogP contribution in [0, 0.1) is 11.6 Å². The first-order valence-electron chi connectivity index (χ1n) is 10.9. The number of fused-ring (bicyclic) bond motifs is 2. The molecule has 2 aliphatic rings. The Labute approximate surface area is 194 Å². The van der Waals surface area contributed by atoms with Crippen molar-refractivity contribution < 1.29 is 37.6 Å². The van der Waals surface area contributed by atoms with Crippen LogP contribution in [-0.2, 0) is 11.2 Å². The van der Waals surface area contributed by atoms with Crippen LogP contribution in [0.5, 0.6) is 28.7 Å². The minimum absolute atomic E-state index is 0.00795. The molecule has 1 N–H and O–H groups in total. The molecule has 0 bridgehead atoms. The van der Waals surface area contributed by atoms with Gasteiger partial charge in [-0.05, 0) is 43.2 Å². The fourth-order valence-corrected chi connectivity index (χ4v) is 4.54. The molecule has 5 rings (SSSR count). The van der Waals surface area contributed by atoms with E-state index in [2.05, 4.69) is 0 Å². The van der Waals surface area contributed by atoms with Gasteiger partial charge < -0.3 is 24.1 Å². The molecule has 0 saturated heterocycles. The molecule has 0 radical (unpaired) electrons. The van der Waals surface area contributed by atoms with Crippen LogP contribution >= 0.6 is 0 Å². The molecule has 6 nitrogen and oxygen atoms in total. The second-order valence-electron chi connectivity index (χ2n) is 8.29. The van der Waals surface area contributed by atoms with Gasteiger partial charge in [0.05, 0.1) is 20.1 Å². The molecule has 0 saturated carbocycles. The van der Waals surface area contributed by atoms with E-state index in [1.54, 1.807) is 24.3 Å². The van der Waals surface area contributed by atoms with Gasteiger partial charge in [0.25, 0.3) is 0 Å². The second kappa shape index (κ2) is 8.85. The van der Waals surface area contributed by atoms with E-state index in [-0.39, 0.29) is 18.1 Å². The van der Waals surface area contributed by atoms with Gasteiger partial charge in [0.1, 0.15) is 34.9 Å². The summed E-state index contributed by atoms with van der Waals surface area (Å²) in [6.45, 7) is 0.300. The van der Waals surface area contributed by atoms with Crippen molar-refractivity contribution in [2.75, 3.05) is 13.7 Å². The van der Waals surface area contributed by atoms with Crippen LogP contribution in [0.15, 0.2) is 48.5 Å². The zero-order chi connectivity index (χ0) is 23.8. The second-order valence-corrected chi connectivity index (χ2v) is 8.29. The van der Waals surface area contributed by atoms with Crippen molar-refractivity contribution >= 4 is 5.97 Å². The van der Waals surface area contributed by atoms with Crippen LogP contribution < -0.4 is 18.9 Å². The number of ether oxygens (including phenoxy) is 4. The van der Waals surface area contributed by atoms with Gasteiger partial charge in [-0.15, -0.1) is 0 Å². The Bertz CT molecular complexity index is 1260. The number of hydrogen-bond acceptors (Lipinski definition) is 5. The minimum Gasteiger partial charge on any atom is -0.497 e. The van der Waals surface area contributed by atoms with Gasteiger partial charge in [-0.25, -0.2) is 8.78 Å². The maximum Gasteiger partial charge on any atom is 0.304 e. The van der Waals surface area contributed by atoms with Gasteiger partial charge in [-0.3, -0.25) is 4.79 Å². The number of carbonyl (C=O) groups is 1. The van der Waals surface area contributed by atoms with Crippen LogP contribution in [0.2, 0.25) is 0 Å². The van der Waals surface area contributed by atoms with E-state index in [9.17, 15) is 13.6 Å². The fourth-order valence-electron chi connectivity index (χ4n) is 4.54. The summed E-state index contributed by atoms with van der Waals surface area (Å²) < 4.78 is 51.7. The van der Waals surface area contributed by atoms with Gasteiger partial charge in [0, 0.05) is 34.7 Å². The molecular weight excluding hydrogens is 446 g/mol. The first-order valence-corrected chi connectivity index (χ1v) is 10.9. The first kappa shape index (κ1) is 22.0. The van der Waals surface area contributed by atoms with Crippen molar-refractivity contribution in [3.8, 4) is 28.7 Å². The molecule has 1 heterocycles. The molecule has 8 heteroatoms. The predicted molar refractivity (Wildman–Crippen MR) is 118 cm³/mol. The Morgan fingerprint density at radius 1 is 1.06 bits per heavy atom. The first-order chi connectivity index (χ1) is 16.4. The Hall–Kier alpha value is -3.81. The monoisotopic (exact) mass is 468 g/mol. The van der Waals surface area contributed by atoms with Crippen LogP contribution in [-0.4, -0.2) is 24.8 Å². The molecule has 2 unspecified atom stereocenters. The summed E-state index contributed by atoms with van der Waals surface area (Å²) in [5, 5.41) is 9.06. The number of hydrogen-bond donors (Lipinski definition) is 1. The molecular formula is C26H22F2O6. The molecule has 1 aliphatic heterocycles. The van der Waals surface area contributed by atoms with Crippen LogP contribution in [0.4, 0.5) is 8.78 Å². The van der Waals surface area contributed by atoms with E-state index in [4.69, 9.17) is 24.1 Å². The van der Waals surface area contributed by atoms with Gasteiger partial charge in [0.15, 0.2) is 11.6 Å². The number of rotatable bonds is 7. The molecule has 2 atom stereocenters. The Morgan fingerprint density at radius 3 is 2.62 bits per heavy atom. The van der Waals surface area contributed by atoms with Gasteiger partial charge >= 0.3 is 5.97 Å². The number of halogens is 2. The molecule has 176 valence electrons. The smallest absolute Gasteiger partial charge is 0.304 e. The molecule has 3 aromatic carbocycles. The highest BCUT2D eigenvalue weighted by Crippen LogP contribution is 2.44. The van der Waals surface area contributed by atoms with Crippen LogP contribution in [0.1, 0.15) is 41.6 Å². The predicted octanol–water partition coefficient (Wildman–Crippen LogP) is 5.78. The van der Waals surface area contributed by atoms with E-state index in [0.29, 0.717) is 53.6 Å². The Kier molecular flexibility index (Phi) is 5.73. The van der Waals surface area contributed by atoms with Crippen molar-refractivity contribution in [2.24, 2.45) is 0 Å². The van der Waals surface area contributed by atoms with Crippen LogP contribution in [0.25, 0.3) is 0 Å². The lowest BCUT2D eigenvalue weighted by molar-refractivity contribution is -0.137. The number of carboxylic acids is 1. The Morgan fingerprint density at radius 2 is 1.85 bits per heavy atom. The van der Waals surface area contributed by atoms with Crippen molar-refractivity contribution in [2.45, 2.75) is 31.3 Å². The fraction of sp³-hybridized carbons (Fsp3) is 0.269. The highest BCUT2D eigenvalue weighted by atomic mass is 19.1. The van der Waals surface area contributed by atoms with Gasteiger partial charge in [-0.1, -0.05) is 6.07 Å². The molecule has 0 amide bonds. The summed E-state index contributed by atoms with van der Waals surface area (Å²) >= 11 is 0. The standard InChI is InChI=1S/C26H22F2O6/c1-31-15-3-7-22(20(28)11-15)34-21-9-6-19(27)26-18(21)5-8-23(26)33-16-2-4-17-14(10-25(29)30)13-32-24(17)12-16/h2-4,6-7,9,11-12,14,23H,5,8,10,13H2,1H3,(H,29,30). The highest BCUT2D eigenvalue weighted by molar-refractivity contribution is 5.68. The van der Waals surface area contributed by atoms with Crippen molar-refractivity contribution in [3.05, 3.63) is 76.9 Å². The van der Waals surface area contributed by atoms with Gasteiger partial charge in [0.2, 0.25) is 0 Å². The third-order valence-electron chi connectivity index (χ3n) is 6.16. The number of benzene rings is 3. The lowest BCUT2D eigenvalue weighted by Gasteiger charge is -2.17. The maximum atomic E-state index is 14.8. The zero-order valence-corrected chi connectivity index (χ0v) is 18.3. The van der Waals surface area contributed by atoms with Crippen molar-refractivity contribution in [1.82, 2.24) is 0 Å². The van der Waals surface area contributed by atoms with E-state index >= 15 is 0 Å². The number of methoxy groups -OCH3 is 1. The topological polar surface area (TPSA) is 74.2 Å². The summed E-state index contributed by atoms with van der Waals surface area (Å²) in [6.07, 6.45) is 0.476. The third kappa shape index (κ3) is 4.11. The third-order valence-corrected chi connectivity index (χ3v) is 6.16. The van der Waals surface area contributed by atoms with Crippen molar-refractivity contribution in [1.29, 1.82) is 0 Å². The van der Waals surface area contributed by atoms with E-state index < -0.39 is 23.7 Å². The number of aliphatic carboxylic acids is 1. The van der Waals surface area contributed by atoms with Gasteiger partial charge in [-0.2, -0.15) is 0 Å². The largest absolute Gasteiger partial charge is 0.497 e. The summed E-state index contributed by atoms with van der Waals surface area (Å²) in [5.41, 5.74) is 1.85. The summed E-state index contributed by atoms with van der Waals surface area (Å²) in [7, 11) is 1.45. The summed E-state index contributed by atoms with van der Waals surface area (Å²) in [5.74, 6) is -0.242. The van der Waals surface area contributed by atoms with Crippen LogP contribution in [0.3, 0.4) is 0 Å². The summed E-state index contributed by atoms with van der Waals surface area (Å²) in [4.78, 5) is 11.0. The molecule has 0 fully saturated rings. The molecule has 1 aliphatic carbocycles. The lowest BCUT2D eigenvalue weighted by Crippen LogP contribution is -2.07. The number of carboxylic acid groups (broad SMARTS) is 1. The minimum atomic E-state index is -0.882. The summed E-state index contributed by atoms with van der Waals surface area (Å²) in [6, 6.07) is 12.3. The van der Waals surface area contributed by atoms with E-state index in [0.717, 1.165) is 5.56 Å². The molecule has 0 aromatic heterocycles. The quantitative estimate of drug-likeness (QED) is 0.474. The average Bonchev–Trinajstić information content (AvgIpc) is 3.41. The maximum absolute atomic E-state index is 14.8. The lowest BCUT2D eigenvalue weighted by atomic mass is 9.98. The molecule has 0 spiro atoms. The van der Waals surface area contributed by atoms with E-state index in [1.165, 1.54) is 31.4 Å². The Balaban J connectivity index is 1.37. The molecule has 34 heavy (non-hydrogen) atoms. The van der Waals surface area contributed by atoms with Crippen molar-refractivity contribution in [3.63, 3.8) is 0 Å². The highest BCUT2D eigenvalue weighted by Gasteiger charge is 2.32.